The molecule has 1 N–H and O–H groups in total. The number of nitrogens with one attached hydrogen (secondary N) is 1. The maximum Gasteiger partial charge on any atom is 0.417 e. The van der Waals surface area contributed by atoms with Gasteiger partial charge in [-0.2, -0.15) is 26.3 Å². The van der Waals surface area contributed by atoms with Crippen LogP contribution in [0.1, 0.15) is 33.2 Å². The van der Waals surface area contributed by atoms with Crippen LogP contribution in [-0.4, -0.2) is 11.9 Å². The van der Waals surface area contributed by atoms with E-state index in [-0.39, 0.29) is 16.8 Å². The van der Waals surface area contributed by atoms with Gasteiger partial charge in [-0.05, 0) is 42.5 Å². The quantitative estimate of drug-likeness (QED) is 0.305. The summed E-state index contributed by atoms with van der Waals surface area (Å²) < 4.78 is 82.8. The molecule has 0 heterocycles. The number of halogens is 7. The maximum absolute atomic E-state index is 13.1. The number of carbonyl (C=O) groups excluding carboxylic acids is 2. The summed E-state index contributed by atoms with van der Waals surface area (Å²) in [6.07, 6.45) is -11.0. The highest BCUT2D eigenvalue weighted by Gasteiger charge is 2.34. The molecule has 0 saturated heterocycles. The number of benzene rings is 3. The highest BCUT2D eigenvalue weighted by atomic mass is 35.5. The molecule has 0 spiro atoms. The van der Waals surface area contributed by atoms with Crippen molar-refractivity contribution in [3.8, 4) is 0 Å². The van der Waals surface area contributed by atoms with E-state index in [1.165, 1.54) is 24.3 Å². The molecule has 0 radical (unpaired) electrons. The van der Waals surface area contributed by atoms with Crippen LogP contribution in [0.15, 0.2) is 72.8 Å². The Morgan fingerprint density at radius 3 is 2.00 bits per heavy atom. The van der Waals surface area contributed by atoms with Crippen molar-refractivity contribution in [1.82, 2.24) is 0 Å². The molecule has 0 saturated carbocycles. The summed E-state index contributed by atoms with van der Waals surface area (Å²) in [5.41, 5.74) is -2.49. The average molecular weight is 502 g/mol. The van der Waals surface area contributed by atoms with Crippen molar-refractivity contribution in [2.24, 2.45) is 0 Å². The van der Waals surface area contributed by atoms with Gasteiger partial charge in [0.25, 0.3) is 5.91 Å². The Labute approximate surface area is 194 Å². The van der Waals surface area contributed by atoms with Gasteiger partial charge in [-0.25, -0.2) is 4.79 Å². The predicted molar refractivity (Wildman–Crippen MR) is 111 cm³/mol. The first-order valence-corrected chi connectivity index (χ1v) is 9.85. The topological polar surface area (TPSA) is 55.4 Å². The lowest BCUT2D eigenvalue weighted by atomic mass is 10.1. The van der Waals surface area contributed by atoms with E-state index in [0.717, 1.165) is 24.3 Å². The van der Waals surface area contributed by atoms with Gasteiger partial charge < -0.3 is 10.1 Å². The number of alkyl halides is 6. The van der Waals surface area contributed by atoms with Crippen LogP contribution in [0.5, 0.6) is 0 Å². The molecule has 0 aliphatic heterocycles. The summed E-state index contributed by atoms with van der Waals surface area (Å²) in [5, 5.41) is 1.67. The van der Waals surface area contributed by atoms with E-state index in [4.69, 9.17) is 16.3 Å². The van der Waals surface area contributed by atoms with Crippen molar-refractivity contribution in [3.05, 3.63) is 100 Å². The molecule has 178 valence electrons. The second kappa shape index (κ2) is 9.76. The van der Waals surface area contributed by atoms with Crippen molar-refractivity contribution in [1.29, 1.82) is 0 Å². The van der Waals surface area contributed by atoms with Crippen molar-refractivity contribution in [2.75, 3.05) is 5.32 Å². The van der Waals surface area contributed by atoms with Gasteiger partial charge in [0.1, 0.15) is 0 Å². The summed E-state index contributed by atoms with van der Waals surface area (Å²) >= 11 is 5.58. The van der Waals surface area contributed by atoms with Crippen LogP contribution in [-0.2, 0) is 21.9 Å². The second-order valence-electron chi connectivity index (χ2n) is 6.95. The van der Waals surface area contributed by atoms with Gasteiger partial charge >= 0.3 is 18.3 Å². The Kier molecular flexibility index (Phi) is 7.21. The Morgan fingerprint density at radius 1 is 0.824 bits per heavy atom. The summed E-state index contributed by atoms with van der Waals surface area (Å²) in [5.74, 6) is -2.09. The third-order valence-corrected chi connectivity index (χ3v) is 4.88. The number of carbonyl (C=O) groups is 2. The molecule has 4 nitrogen and oxygen atoms in total. The number of rotatable bonds is 5. The van der Waals surface area contributed by atoms with Crippen molar-refractivity contribution < 1.29 is 40.7 Å². The number of amides is 1. The fraction of sp³-hybridized carbons (Fsp3) is 0.130. The van der Waals surface area contributed by atoms with Crippen LogP contribution >= 0.6 is 11.6 Å². The van der Waals surface area contributed by atoms with Crippen molar-refractivity contribution in [2.45, 2.75) is 18.5 Å². The number of hydrogen-bond acceptors (Lipinski definition) is 3. The Bertz CT molecular complexity index is 1180. The molecule has 0 bridgehead atoms. The first-order chi connectivity index (χ1) is 15.9. The van der Waals surface area contributed by atoms with E-state index >= 15 is 0 Å². The first kappa shape index (κ1) is 25.1. The number of anilines is 1. The number of hydrogen-bond donors (Lipinski definition) is 1. The summed E-state index contributed by atoms with van der Waals surface area (Å²) in [6, 6.07) is 13.4. The molecular weight excluding hydrogens is 488 g/mol. The summed E-state index contributed by atoms with van der Waals surface area (Å²) in [4.78, 5) is 25.4. The first-order valence-electron chi connectivity index (χ1n) is 9.47. The largest absolute Gasteiger partial charge is 0.444 e. The molecule has 0 aliphatic rings. The fourth-order valence-electron chi connectivity index (χ4n) is 2.90. The van der Waals surface area contributed by atoms with Crippen molar-refractivity contribution in [3.63, 3.8) is 0 Å². The smallest absolute Gasteiger partial charge is 0.417 e. The summed E-state index contributed by atoms with van der Waals surface area (Å²) in [7, 11) is 0. The molecule has 3 aromatic rings. The third kappa shape index (κ3) is 6.07. The van der Waals surface area contributed by atoms with Gasteiger partial charge in [0.2, 0.25) is 6.10 Å². The van der Waals surface area contributed by atoms with Crippen LogP contribution in [0.3, 0.4) is 0 Å². The molecule has 1 atom stereocenters. The Hall–Kier alpha value is -3.53. The molecule has 34 heavy (non-hydrogen) atoms. The monoisotopic (exact) mass is 501 g/mol. The molecular formula is C23H14ClF6NO3. The highest BCUT2D eigenvalue weighted by Crippen LogP contribution is 2.36. The fourth-order valence-corrected chi connectivity index (χ4v) is 3.12. The minimum absolute atomic E-state index is 0.185. The van der Waals surface area contributed by atoms with Gasteiger partial charge in [-0.3, -0.25) is 4.79 Å². The standard InChI is InChI=1S/C23H14ClF6NO3/c24-18-11-10-16(12-17(18)23(28,29)30)31-20(32)19(13-4-2-1-3-5-13)34-21(33)14-6-8-15(9-7-14)22(25,26)27/h1-12,19H,(H,31,32)/t19-/m0/s1. The molecule has 1 amide bonds. The van der Waals surface area contributed by atoms with Crippen molar-refractivity contribution >= 4 is 29.2 Å². The lowest BCUT2D eigenvalue weighted by Gasteiger charge is -2.19. The zero-order valence-corrected chi connectivity index (χ0v) is 17.6. The van der Waals surface area contributed by atoms with E-state index in [2.05, 4.69) is 5.32 Å². The van der Waals surface area contributed by atoms with Gasteiger partial charge in [0, 0.05) is 11.3 Å². The molecule has 11 heteroatoms. The number of esters is 1. The molecule has 0 unspecified atom stereocenters. The zero-order valence-electron chi connectivity index (χ0n) is 16.9. The van der Waals surface area contributed by atoms with E-state index in [0.29, 0.717) is 18.2 Å². The molecule has 3 aromatic carbocycles. The zero-order chi connectivity index (χ0) is 25.1. The van der Waals surface area contributed by atoms with E-state index in [9.17, 15) is 35.9 Å². The minimum atomic E-state index is -4.77. The molecule has 3 rings (SSSR count). The van der Waals surface area contributed by atoms with Crippen LogP contribution in [0.25, 0.3) is 0 Å². The SMILES string of the molecule is O=C(O[C@H](C(=O)Nc1ccc(Cl)c(C(F)(F)F)c1)c1ccccc1)c1ccc(C(F)(F)F)cc1. The molecule has 0 aromatic heterocycles. The lowest BCUT2D eigenvalue weighted by molar-refractivity contribution is -0.138. The highest BCUT2D eigenvalue weighted by molar-refractivity contribution is 6.31. The number of ether oxygens (including phenoxy) is 1. The van der Waals surface area contributed by atoms with E-state index in [1.807, 2.05) is 0 Å². The maximum atomic E-state index is 13.1. The van der Waals surface area contributed by atoms with Gasteiger partial charge in [0.15, 0.2) is 0 Å². The van der Waals surface area contributed by atoms with Gasteiger partial charge in [-0.15, -0.1) is 0 Å². The van der Waals surface area contributed by atoms with Crippen LogP contribution < -0.4 is 5.32 Å². The predicted octanol–water partition coefficient (Wildman–Crippen LogP) is 6.91. The van der Waals surface area contributed by atoms with E-state index in [1.54, 1.807) is 6.07 Å². The molecule has 0 fully saturated rings. The normalized spacial score (nSPS) is 12.7. The van der Waals surface area contributed by atoms with Gasteiger partial charge in [-0.1, -0.05) is 41.9 Å². The van der Waals surface area contributed by atoms with Crippen LogP contribution in [0, 0.1) is 0 Å². The average Bonchev–Trinajstić information content (AvgIpc) is 2.78. The second-order valence-corrected chi connectivity index (χ2v) is 7.36. The minimum Gasteiger partial charge on any atom is -0.444 e. The third-order valence-electron chi connectivity index (χ3n) is 4.55. The van der Waals surface area contributed by atoms with Crippen LogP contribution in [0.4, 0.5) is 32.0 Å². The van der Waals surface area contributed by atoms with E-state index < -0.39 is 46.5 Å². The Balaban J connectivity index is 1.86. The molecule has 0 aliphatic carbocycles. The lowest BCUT2D eigenvalue weighted by Crippen LogP contribution is -2.26. The van der Waals surface area contributed by atoms with Crippen LogP contribution in [0.2, 0.25) is 5.02 Å². The summed E-state index contributed by atoms with van der Waals surface area (Å²) in [6.45, 7) is 0. The Morgan fingerprint density at radius 2 is 1.44 bits per heavy atom. The van der Waals surface area contributed by atoms with Gasteiger partial charge in [0.05, 0.1) is 21.7 Å².